The molecule has 0 atom stereocenters. The standard InChI is InChI=1S/C12H12F4O3S/c1-7(2)10(17)5-8-3-4-9(13)6-11(8)20(18,19)12(14,15)16/h3-4,6-7H,5H2,1-2H3. The molecule has 0 N–H and O–H groups in total. The Kier molecular flexibility index (Phi) is 4.58. The predicted molar refractivity (Wildman–Crippen MR) is 63.2 cm³/mol. The summed E-state index contributed by atoms with van der Waals surface area (Å²) in [6.07, 6.45) is -0.497. The summed E-state index contributed by atoms with van der Waals surface area (Å²) in [5.41, 5.74) is -5.90. The summed E-state index contributed by atoms with van der Waals surface area (Å²) in [6.45, 7) is 3.06. The van der Waals surface area contributed by atoms with Crippen LogP contribution in [0, 0.1) is 11.7 Å². The van der Waals surface area contributed by atoms with Crippen LogP contribution in [0.5, 0.6) is 0 Å². The van der Waals surface area contributed by atoms with Gasteiger partial charge in [0.15, 0.2) is 0 Å². The minimum absolute atomic E-state index is 0.283. The zero-order chi connectivity index (χ0) is 15.7. The van der Waals surface area contributed by atoms with E-state index in [1.54, 1.807) is 0 Å². The first kappa shape index (κ1) is 16.6. The molecule has 0 aliphatic rings. The molecule has 0 heterocycles. The molecule has 1 aromatic carbocycles. The van der Waals surface area contributed by atoms with Gasteiger partial charge >= 0.3 is 5.51 Å². The van der Waals surface area contributed by atoms with Crippen LogP contribution in [0.4, 0.5) is 17.6 Å². The molecule has 0 saturated heterocycles. The number of ketones is 1. The average molecular weight is 312 g/mol. The Bertz CT molecular complexity index is 618. The topological polar surface area (TPSA) is 51.2 Å². The highest BCUT2D eigenvalue weighted by molar-refractivity contribution is 7.92. The van der Waals surface area contributed by atoms with Gasteiger partial charge in [-0.2, -0.15) is 13.2 Å². The van der Waals surface area contributed by atoms with Crippen molar-refractivity contribution in [2.24, 2.45) is 5.92 Å². The van der Waals surface area contributed by atoms with E-state index in [4.69, 9.17) is 0 Å². The maximum atomic E-state index is 13.0. The number of Topliss-reactive ketones (excluding diaryl/α,β-unsaturated/α-hetero) is 1. The Morgan fingerprint density at radius 1 is 1.25 bits per heavy atom. The number of benzene rings is 1. The normalized spacial score (nSPS) is 12.8. The van der Waals surface area contributed by atoms with Crippen LogP contribution in [0.1, 0.15) is 19.4 Å². The Hall–Kier alpha value is -1.44. The van der Waals surface area contributed by atoms with Crippen molar-refractivity contribution in [2.45, 2.75) is 30.7 Å². The first-order chi connectivity index (χ1) is 8.96. The van der Waals surface area contributed by atoms with Gasteiger partial charge in [0.05, 0.1) is 4.90 Å². The number of halogens is 4. The Labute approximate surface area is 113 Å². The molecule has 0 bridgehead atoms. The van der Waals surface area contributed by atoms with Crippen LogP contribution in [0.25, 0.3) is 0 Å². The number of alkyl halides is 3. The molecule has 112 valence electrons. The van der Waals surface area contributed by atoms with Gasteiger partial charge in [0.25, 0.3) is 9.84 Å². The number of sulfone groups is 1. The monoisotopic (exact) mass is 312 g/mol. The Balaban J connectivity index is 3.40. The summed E-state index contributed by atoms with van der Waals surface area (Å²) in [4.78, 5) is 10.3. The summed E-state index contributed by atoms with van der Waals surface area (Å²) < 4.78 is 73.4. The summed E-state index contributed by atoms with van der Waals surface area (Å²) in [7, 11) is -5.69. The molecule has 0 amide bonds. The fraction of sp³-hybridized carbons (Fsp3) is 0.417. The van der Waals surface area contributed by atoms with Gasteiger partial charge in [-0.05, 0) is 17.7 Å². The maximum Gasteiger partial charge on any atom is 0.501 e. The van der Waals surface area contributed by atoms with Crippen molar-refractivity contribution >= 4 is 15.6 Å². The lowest BCUT2D eigenvalue weighted by molar-refractivity contribution is -0.121. The van der Waals surface area contributed by atoms with E-state index >= 15 is 0 Å². The van der Waals surface area contributed by atoms with Crippen molar-refractivity contribution in [1.82, 2.24) is 0 Å². The SMILES string of the molecule is CC(C)C(=O)Cc1ccc(F)cc1S(=O)(=O)C(F)(F)F. The van der Waals surface area contributed by atoms with Crippen LogP contribution in [-0.2, 0) is 21.1 Å². The smallest absolute Gasteiger partial charge is 0.299 e. The van der Waals surface area contributed by atoms with Gasteiger partial charge in [-0.1, -0.05) is 19.9 Å². The predicted octanol–water partition coefficient (Wildman–Crippen LogP) is 2.89. The second kappa shape index (κ2) is 5.51. The van der Waals surface area contributed by atoms with Gasteiger partial charge in [-0.25, -0.2) is 12.8 Å². The van der Waals surface area contributed by atoms with Crippen LogP contribution >= 0.6 is 0 Å². The molecule has 0 spiro atoms. The molecule has 0 radical (unpaired) electrons. The molecule has 0 unspecified atom stereocenters. The maximum absolute atomic E-state index is 13.0. The highest BCUT2D eigenvalue weighted by atomic mass is 32.2. The van der Waals surface area contributed by atoms with Crippen LogP contribution < -0.4 is 0 Å². The van der Waals surface area contributed by atoms with Crippen LogP contribution in [0.15, 0.2) is 23.1 Å². The molecule has 1 rings (SSSR count). The number of carbonyl (C=O) groups excluding carboxylic acids is 1. The number of carbonyl (C=O) groups is 1. The van der Waals surface area contributed by atoms with Crippen molar-refractivity contribution in [3.05, 3.63) is 29.6 Å². The number of hydrogen-bond donors (Lipinski definition) is 0. The summed E-state index contributed by atoms with van der Waals surface area (Å²) >= 11 is 0. The lowest BCUT2D eigenvalue weighted by Gasteiger charge is -2.13. The largest absolute Gasteiger partial charge is 0.501 e. The number of rotatable bonds is 4. The number of hydrogen-bond acceptors (Lipinski definition) is 3. The summed E-state index contributed by atoms with van der Waals surface area (Å²) in [6, 6.07) is 1.98. The first-order valence-electron chi connectivity index (χ1n) is 5.59. The molecule has 0 aromatic heterocycles. The molecular formula is C12H12F4O3S. The zero-order valence-corrected chi connectivity index (χ0v) is 11.5. The van der Waals surface area contributed by atoms with Crippen molar-refractivity contribution < 1.29 is 30.8 Å². The van der Waals surface area contributed by atoms with E-state index in [0.29, 0.717) is 0 Å². The molecule has 20 heavy (non-hydrogen) atoms. The molecule has 1 aromatic rings. The van der Waals surface area contributed by atoms with Crippen LogP contribution in [-0.4, -0.2) is 19.7 Å². The molecular weight excluding hydrogens is 300 g/mol. The van der Waals surface area contributed by atoms with Crippen molar-refractivity contribution in [3.63, 3.8) is 0 Å². The van der Waals surface area contributed by atoms with Crippen LogP contribution in [0.3, 0.4) is 0 Å². The van der Waals surface area contributed by atoms with E-state index in [1.807, 2.05) is 0 Å². The molecule has 0 saturated carbocycles. The van der Waals surface area contributed by atoms with E-state index < -0.39 is 44.2 Å². The van der Waals surface area contributed by atoms with E-state index in [2.05, 4.69) is 0 Å². The molecule has 0 fully saturated rings. The van der Waals surface area contributed by atoms with Crippen molar-refractivity contribution in [1.29, 1.82) is 0 Å². The minimum Gasteiger partial charge on any atom is -0.299 e. The average Bonchev–Trinajstić information content (AvgIpc) is 2.29. The fourth-order valence-electron chi connectivity index (χ4n) is 1.44. The first-order valence-corrected chi connectivity index (χ1v) is 7.07. The van der Waals surface area contributed by atoms with Gasteiger partial charge in [0.2, 0.25) is 0 Å². The van der Waals surface area contributed by atoms with Gasteiger partial charge < -0.3 is 0 Å². The van der Waals surface area contributed by atoms with E-state index in [9.17, 15) is 30.8 Å². The van der Waals surface area contributed by atoms with Crippen molar-refractivity contribution in [3.8, 4) is 0 Å². The third kappa shape index (κ3) is 3.36. The minimum atomic E-state index is -5.69. The van der Waals surface area contributed by atoms with E-state index in [0.717, 1.165) is 12.1 Å². The van der Waals surface area contributed by atoms with Gasteiger partial charge in [0, 0.05) is 12.3 Å². The highest BCUT2D eigenvalue weighted by Crippen LogP contribution is 2.33. The fourth-order valence-corrected chi connectivity index (χ4v) is 2.44. The lowest BCUT2D eigenvalue weighted by Crippen LogP contribution is -2.25. The summed E-state index contributed by atoms with van der Waals surface area (Å²) in [5, 5.41) is 0. The highest BCUT2D eigenvalue weighted by Gasteiger charge is 2.48. The molecule has 0 aliphatic carbocycles. The quantitative estimate of drug-likeness (QED) is 0.803. The molecule has 3 nitrogen and oxygen atoms in total. The van der Waals surface area contributed by atoms with E-state index in [-0.39, 0.29) is 11.6 Å². The Morgan fingerprint density at radius 3 is 2.25 bits per heavy atom. The van der Waals surface area contributed by atoms with Gasteiger partial charge in [0.1, 0.15) is 11.6 Å². The van der Waals surface area contributed by atoms with Crippen LogP contribution in [0.2, 0.25) is 0 Å². The second-order valence-corrected chi connectivity index (χ2v) is 6.41. The lowest BCUT2D eigenvalue weighted by atomic mass is 10.0. The third-order valence-corrected chi connectivity index (χ3v) is 4.20. The molecule has 8 heteroatoms. The van der Waals surface area contributed by atoms with Gasteiger partial charge in [-0.3, -0.25) is 4.79 Å². The zero-order valence-electron chi connectivity index (χ0n) is 10.7. The summed E-state index contributed by atoms with van der Waals surface area (Å²) in [5.74, 6) is -2.02. The van der Waals surface area contributed by atoms with Crippen molar-refractivity contribution in [2.75, 3.05) is 0 Å². The van der Waals surface area contributed by atoms with Gasteiger partial charge in [-0.15, -0.1) is 0 Å². The second-order valence-electron chi connectivity index (χ2n) is 4.50. The third-order valence-electron chi connectivity index (χ3n) is 2.63. The molecule has 0 aliphatic heterocycles. The van der Waals surface area contributed by atoms with E-state index in [1.165, 1.54) is 13.8 Å². The Morgan fingerprint density at radius 2 is 1.80 bits per heavy atom.